The molecule has 0 bridgehead atoms. The van der Waals surface area contributed by atoms with E-state index in [-0.39, 0.29) is 22.5 Å². The van der Waals surface area contributed by atoms with Crippen LogP contribution in [0.4, 0.5) is 26.3 Å². The van der Waals surface area contributed by atoms with Crippen molar-refractivity contribution >= 4 is 43.6 Å². The summed E-state index contributed by atoms with van der Waals surface area (Å²) in [4.78, 5) is 26.8. The van der Waals surface area contributed by atoms with E-state index >= 15 is 13.2 Å². The molecule has 0 saturated carbocycles. The number of fused-ring (bicyclic) bond motifs is 6. The van der Waals surface area contributed by atoms with Gasteiger partial charge in [0.2, 0.25) is 0 Å². The van der Waals surface area contributed by atoms with Crippen LogP contribution in [0.2, 0.25) is 0 Å². The summed E-state index contributed by atoms with van der Waals surface area (Å²) in [5, 5.41) is 2.83. The quantitative estimate of drug-likeness (QED) is 0.161. The fourth-order valence-corrected chi connectivity index (χ4v) is 8.50. The average Bonchev–Trinajstić information content (AvgIpc) is 3.74. The zero-order valence-electron chi connectivity index (χ0n) is 33.4. The van der Waals surface area contributed by atoms with Gasteiger partial charge in [-0.05, 0) is 81.8 Å². The van der Waals surface area contributed by atoms with Crippen LogP contribution in [0.25, 0.3) is 88.9 Å². The number of hydrogen-bond donors (Lipinski definition) is 0. The van der Waals surface area contributed by atoms with Gasteiger partial charge < -0.3 is 9.13 Å². The highest BCUT2D eigenvalue weighted by Gasteiger charge is 2.36. The minimum atomic E-state index is -4.89. The summed E-state index contributed by atoms with van der Waals surface area (Å²) in [5.74, 6) is 2.66. The summed E-state index contributed by atoms with van der Waals surface area (Å²) in [6.07, 6.45) is -9.64. The Kier molecular flexibility index (Phi) is 8.77. The van der Waals surface area contributed by atoms with Crippen molar-refractivity contribution in [2.45, 2.75) is 40.0 Å². The van der Waals surface area contributed by atoms with E-state index in [1.165, 1.54) is 12.1 Å². The Hall–Kier alpha value is -7.48. The summed E-state index contributed by atoms with van der Waals surface area (Å²) in [7, 11) is 0. The van der Waals surface area contributed by atoms with Gasteiger partial charge in [0.25, 0.3) is 0 Å². The monoisotopic (exact) mass is 834 g/mol. The van der Waals surface area contributed by atoms with Gasteiger partial charge >= 0.3 is 12.4 Å². The number of para-hydroxylation sites is 2. The molecule has 0 radical (unpaired) electrons. The van der Waals surface area contributed by atoms with Crippen molar-refractivity contribution in [3.63, 3.8) is 0 Å². The summed E-state index contributed by atoms with van der Waals surface area (Å²) in [6.45, 7) is 6.96. The van der Waals surface area contributed by atoms with E-state index in [2.05, 4.69) is 29.9 Å². The van der Waals surface area contributed by atoms with E-state index in [4.69, 9.17) is 0 Å². The van der Waals surface area contributed by atoms with E-state index in [9.17, 15) is 13.2 Å². The molecule has 0 aliphatic heterocycles. The molecule has 4 aromatic heterocycles. The number of aromatic nitrogens is 8. The third-order valence-electron chi connectivity index (χ3n) is 11.0. The van der Waals surface area contributed by atoms with Crippen molar-refractivity contribution in [3.8, 4) is 45.3 Å². The molecule has 0 spiro atoms. The first-order valence-electron chi connectivity index (χ1n) is 19.5. The zero-order chi connectivity index (χ0) is 43.2. The lowest BCUT2D eigenvalue weighted by molar-refractivity contribution is -0.138. The molecule has 8 nitrogen and oxygen atoms in total. The molecule has 0 unspecified atom stereocenters. The molecule has 306 valence electrons. The second-order valence-corrected chi connectivity index (χ2v) is 15.1. The average molecular weight is 835 g/mol. The van der Waals surface area contributed by atoms with Gasteiger partial charge in [0.15, 0.2) is 11.6 Å². The molecule has 62 heavy (non-hydrogen) atoms. The normalized spacial score (nSPS) is 12.4. The largest absolute Gasteiger partial charge is 0.416 e. The van der Waals surface area contributed by atoms with Gasteiger partial charge in [-0.15, -0.1) is 0 Å². The second kappa shape index (κ2) is 14.0. The van der Waals surface area contributed by atoms with Gasteiger partial charge in [-0.2, -0.15) is 26.3 Å². The highest BCUT2D eigenvalue weighted by atomic mass is 19.4. The molecule has 0 aliphatic carbocycles. The molecule has 10 rings (SSSR count). The summed E-state index contributed by atoms with van der Waals surface area (Å²) >= 11 is 0. The maximum atomic E-state index is 15.6. The van der Waals surface area contributed by atoms with E-state index in [0.29, 0.717) is 78.9 Å². The van der Waals surface area contributed by atoms with E-state index in [1.54, 1.807) is 73.2 Å². The van der Waals surface area contributed by atoms with Crippen LogP contribution in [-0.4, -0.2) is 39.0 Å². The Morgan fingerprint density at radius 1 is 0.371 bits per heavy atom. The fourth-order valence-electron chi connectivity index (χ4n) is 8.50. The molecule has 6 aromatic carbocycles. The number of nitrogens with zero attached hydrogens (tertiary/aromatic N) is 8. The lowest BCUT2D eigenvalue weighted by Gasteiger charge is -2.23. The van der Waals surface area contributed by atoms with Crippen LogP contribution in [0.5, 0.6) is 0 Å². The first-order chi connectivity index (χ1) is 29.6. The van der Waals surface area contributed by atoms with Crippen LogP contribution in [0.15, 0.2) is 121 Å². The van der Waals surface area contributed by atoms with Crippen molar-refractivity contribution in [3.05, 3.63) is 156 Å². The molecule has 0 amide bonds. The Bertz CT molecular complexity index is 3220. The van der Waals surface area contributed by atoms with E-state index < -0.39 is 23.5 Å². The lowest BCUT2D eigenvalue weighted by atomic mass is 9.96. The first-order valence-corrected chi connectivity index (χ1v) is 19.5. The zero-order valence-corrected chi connectivity index (χ0v) is 33.4. The summed E-state index contributed by atoms with van der Waals surface area (Å²) in [6, 6.07) is 32.2. The molecular weight excluding hydrogens is 803 g/mol. The van der Waals surface area contributed by atoms with Crippen molar-refractivity contribution in [2.75, 3.05) is 0 Å². The number of hydrogen-bond acceptors (Lipinski definition) is 6. The third kappa shape index (κ3) is 6.49. The van der Waals surface area contributed by atoms with Gasteiger partial charge in [0.1, 0.15) is 23.3 Å². The van der Waals surface area contributed by atoms with Crippen molar-refractivity contribution in [1.82, 2.24) is 39.0 Å². The molecule has 0 atom stereocenters. The highest BCUT2D eigenvalue weighted by molar-refractivity contribution is 6.13. The van der Waals surface area contributed by atoms with Crippen LogP contribution in [0.1, 0.15) is 34.4 Å². The Morgan fingerprint density at radius 2 is 0.790 bits per heavy atom. The number of halogens is 6. The number of aryl methyl sites for hydroxylation is 4. The maximum Gasteiger partial charge on any atom is 0.416 e. The van der Waals surface area contributed by atoms with Crippen molar-refractivity contribution < 1.29 is 26.3 Å². The SMILES string of the molecule is Cc1nc(C)nc(-c2ccc3c4ccccc4n(-c4cc(C(F)(F)F)cc(-n5c6ccccc6c6ccc(-c7nc(C)nc(C)n7)cc65)c4-c4cccc(C(F)(F)F)c4)c3c2)n1. The number of alkyl halides is 6. The smallest absolute Gasteiger partial charge is 0.309 e. The van der Waals surface area contributed by atoms with Gasteiger partial charge in [-0.25, -0.2) is 29.9 Å². The maximum absolute atomic E-state index is 15.6. The molecular formula is C48H32F6N8. The van der Waals surface area contributed by atoms with Gasteiger partial charge in [0, 0.05) is 38.2 Å². The Balaban J connectivity index is 1.39. The van der Waals surface area contributed by atoms with Gasteiger partial charge in [0.05, 0.1) is 44.6 Å². The number of benzene rings is 6. The van der Waals surface area contributed by atoms with Crippen molar-refractivity contribution in [2.24, 2.45) is 0 Å². The van der Waals surface area contributed by atoms with Crippen molar-refractivity contribution in [1.29, 1.82) is 0 Å². The fraction of sp³-hybridized carbons (Fsp3) is 0.125. The molecule has 14 heteroatoms. The van der Waals surface area contributed by atoms with Crippen LogP contribution < -0.4 is 0 Å². The van der Waals surface area contributed by atoms with E-state index in [0.717, 1.165) is 35.0 Å². The highest BCUT2D eigenvalue weighted by Crippen LogP contribution is 2.46. The van der Waals surface area contributed by atoms with Gasteiger partial charge in [-0.3, -0.25) is 0 Å². The predicted octanol–water partition coefficient (Wildman–Crippen LogP) is 12.5. The van der Waals surface area contributed by atoms with Crippen LogP contribution in [-0.2, 0) is 12.4 Å². The molecule has 4 heterocycles. The third-order valence-corrected chi connectivity index (χ3v) is 11.0. The molecule has 10 aromatic rings. The topological polar surface area (TPSA) is 87.2 Å². The first kappa shape index (κ1) is 38.7. The molecule has 0 saturated heterocycles. The van der Waals surface area contributed by atoms with Crippen LogP contribution in [0, 0.1) is 27.7 Å². The number of rotatable bonds is 5. The molecule has 0 fully saturated rings. The summed E-state index contributed by atoms with van der Waals surface area (Å²) < 4.78 is 93.9. The predicted molar refractivity (Wildman–Crippen MR) is 227 cm³/mol. The molecule has 0 N–H and O–H groups in total. The lowest BCUT2D eigenvalue weighted by Crippen LogP contribution is -2.12. The summed E-state index contributed by atoms with van der Waals surface area (Å²) in [5.41, 5.74) is 1.42. The second-order valence-electron chi connectivity index (χ2n) is 15.1. The van der Waals surface area contributed by atoms with E-state index in [1.807, 2.05) is 48.5 Å². The van der Waals surface area contributed by atoms with Gasteiger partial charge in [-0.1, -0.05) is 72.8 Å². The minimum absolute atomic E-state index is 0.00584. The Labute approximate surface area is 349 Å². The van der Waals surface area contributed by atoms with Crippen LogP contribution in [0.3, 0.4) is 0 Å². The minimum Gasteiger partial charge on any atom is -0.309 e. The Morgan fingerprint density at radius 3 is 1.23 bits per heavy atom. The molecule has 0 aliphatic rings. The van der Waals surface area contributed by atoms with Crippen LogP contribution >= 0.6 is 0 Å². The standard InChI is InChI=1S/C48H32F6N8/c1-25-55-26(2)58-45(57-25)30-16-18-36-34-12-5-7-14-38(34)61(40(36)21-30)42-23-33(48(52,53)54)24-43(44(42)29-10-9-11-32(20-29)47(49,50)51)62-39-15-8-6-13-35(39)37-19-17-31(22-41(37)62)46-59-27(3)56-28(4)60-46/h5-24H,1-4H3.